The second kappa shape index (κ2) is 7.01. The summed E-state index contributed by atoms with van der Waals surface area (Å²) in [4.78, 5) is 6.98. The van der Waals surface area contributed by atoms with Crippen molar-refractivity contribution in [2.45, 2.75) is 91.6 Å². The number of pyridine rings is 1. The van der Waals surface area contributed by atoms with E-state index in [4.69, 9.17) is 11.6 Å². The molecular weight excluding hydrogens is 304 g/mol. The Bertz CT molecular complexity index is 525. The molecule has 0 N–H and O–H groups in total. The molecule has 0 atom stereocenters. The first-order valence-corrected chi connectivity index (χ1v) is 9.40. The summed E-state index contributed by atoms with van der Waals surface area (Å²) < 4.78 is 0. The molecule has 0 aromatic carbocycles. The molecule has 23 heavy (non-hydrogen) atoms. The van der Waals surface area contributed by atoms with Crippen LogP contribution in [0.1, 0.15) is 78.8 Å². The molecule has 0 spiro atoms. The van der Waals surface area contributed by atoms with E-state index in [1.54, 1.807) is 0 Å². The molecule has 2 rings (SSSR count). The van der Waals surface area contributed by atoms with Crippen LogP contribution in [0, 0.1) is 12.3 Å². The average molecular weight is 337 g/mol. The van der Waals surface area contributed by atoms with Crippen molar-refractivity contribution in [1.82, 2.24) is 4.98 Å². The van der Waals surface area contributed by atoms with Crippen molar-refractivity contribution < 1.29 is 0 Å². The monoisotopic (exact) mass is 336 g/mol. The SMILES string of the molecule is Cc1nccc(N(C2CCCCC2)C(C)(C)CC(C)(C)C)c1Cl. The quantitative estimate of drug-likeness (QED) is 0.632. The van der Waals surface area contributed by atoms with Crippen LogP contribution in [0.2, 0.25) is 5.02 Å². The molecule has 0 saturated heterocycles. The van der Waals surface area contributed by atoms with E-state index in [0.29, 0.717) is 6.04 Å². The highest BCUT2D eigenvalue weighted by atomic mass is 35.5. The normalized spacial score (nSPS) is 17.3. The van der Waals surface area contributed by atoms with E-state index in [0.717, 1.165) is 17.1 Å². The minimum absolute atomic E-state index is 0.0672. The summed E-state index contributed by atoms with van der Waals surface area (Å²) in [5.41, 5.74) is 2.44. The van der Waals surface area contributed by atoms with Crippen LogP contribution in [0.5, 0.6) is 0 Å². The minimum atomic E-state index is 0.0672. The average Bonchev–Trinajstić information content (AvgIpc) is 2.42. The fraction of sp³-hybridized carbons (Fsp3) is 0.750. The summed E-state index contributed by atoms with van der Waals surface area (Å²) in [5.74, 6) is 0. The van der Waals surface area contributed by atoms with Crippen LogP contribution in [-0.2, 0) is 0 Å². The van der Waals surface area contributed by atoms with Gasteiger partial charge in [0, 0.05) is 17.8 Å². The van der Waals surface area contributed by atoms with E-state index >= 15 is 0 Å². The van der Waals surface area contributed by atoms with Crippen molar-refractivity contribution in [3.8, 4) is 0 Å². The van der Waals surface area contributed by atoms with Crippen LogP contribution in [0.3, 0.4) is 0 Å². The number of halogens is 1. The van der Waals surface area contributed by atoms with Gasteiger partial charge in [-0.1, -0.05) is 51.6 Å². The Balaban J connectivity index is 2.44. The first-order chi connectivity index (χ1) is 10.6. The van der Waals surface area contributed by atoms with E-state index in [9.17, 15) is 0 Å². The van der Waals surface area contributed by atoms with Gasteiger partial charge in [-0.3, -0.25) is 4.98 Å². The lowest BCUT2D eigenvalue weighted by molar-refractivity contribution is 0.244. The molecule has 0 unspecified atom stereocenters. The molecule has 0 amide bonds. The summed E-state index contributed by atoms with van der Waals surface area (Å²) >= 11 is 6.68. The van der Waals surface area contributed by atoms with Crippen LogP contribution < -0.4 is 4.90 Å². The fourth-order valence-electron chi connectivity index (χ4n) is 4.46. The number of anilines is 1. The van der Waals surface area contributed by atoms with Gasteiger partial charge in [0.2, 0.25) is 0 Å². The lowest BCUT2D eigenvalue weighted by atomic mass is 9.78. The summed E-state index contributed by atoms with van der Waals surface area (Å²) in [7, 11) is 0. The molecule has 1 aromatic heterocycles. The standard InChI is InChI=1S/C20H33ClN2/c1-15-18(21)17(12-13-22-15)23(16-10-8-7-9-11-16)20(5,6)14-19(2,3)4/h12-13,16H,7-11,14H2,1-6H3. The second-order valence-electron chi connectivity index (χ2n) is 8.94. The molecule has 1 fully saturated rings. The van der Waals surface area contributed by atoms with Gasteiger partial charge in [0.15, 0.2) is 0 Å². The third-order valence-electron chi connectivity index (χ3n) is 4.86. The van der Waals surface area contributed by atoms with Gasteiger partial charge in [-0.2, -0.15) is 0 Å². The number of hydrogen-bond donors (Lipinski definition) is 0. The van der Waals surface area contributed by atoms with Crippen molar-refractivity contribution in [2.24, 2.45) is 5.41 Å². The maximum Gasteiger partial charge on any atom is 0.0852 e. The Hall–Kier alpha value is -0.760. The van der Waals surface area contributed by atoms with Gasteiger partial charge in [0.05, 0.1) is 16.4 Å². The van der Waals surface area contributed by atoms with Gasteiger partial charge in [-0.25, -0.2) is 0 Å². The second-order valence-corrected chi connectivity index (χ2v) is 9.32. The number of hydrogen-bond acceptors (Lipinski definition) is 2. The van der Waals surface area contributed by atoms with Crippen molar-refractivity contribution in [3.63, 3.8) is 0 Å². The van der Waals surface area contributed by atoms with E-state index < -0.39 is 0 Å². The molecule has 3 heteroatoms. The minimum Gasteiger partial charge on any atom is -0.362 e. The molecule has 130 valence electrons. The largest absolute Gasteiger partial charge is 0.362 e. The van der Waals surface area contributed by atoms with Gasteiger partial charge in [-0.15, -0.1) is 0 Å². The van der Waals surface area contributed by atoms with Gasteiger partial charge in [0.25, 0.3) is 0 Å². The maximum absolute atomic E-state index is 6.68. The van der Waals surface area contributed by atoms with Gasteiger partial charge in [0.1, 0.15) is 0 Å². The van der Waals surface area contributed by atoms with Gasteiger partial charge >= 0.3 is 0 Å². The lowest BCUT2D eigenvalue weighted by Gasteiger charge is -2.49. The van der Waals surface area contributed by atoms with E-state index in [1.807, 2.05) is 13.1 Å². The highest BCUT2D eigenvalue weighted by molar-refractivity contribution is 6.33. The van der Waals surface area contributed by atoms with E-state index in [-0.39, 0.29) is 11.0 Å². The van der Waals surface area contributed by atoms with Crippen molar-refractivity contribution in [1.29, 1.82) is 0 Å². The number of aryl methyl sites for hydroxylation is 1. The lowest BCUT2D eigenvalue weighted by Crippen LogP contribution is -2.52. The van der Waals surface area contributed by atoms with Crippen LogP contribution in [-0.4, -0.2) is 16.6 Å². The molecule has 0 bridgehead atoms. The van der Waals surface area contributed by atoms with Crippen molar-refractivity contribution in [2.75, 3.05) is 4.90 Å². The highest BCUT2D eigenvalue weighted by Crippen LogP contribution is 2.41. The van der Waals surface area contributed by atoms with Crippen LogP contribution in [0.25, 0.3) is 0 Å². The number of aromatic nitrogens is 1. The van der Waals surface area contributed by atoms with Crippen molar-refractivity contribution in [3.05, 3.63) is 23.0 Å². The first kappa shape index (κ1) is 18.6. The van der Waals surface area contributed by atoms with Gasteiger partial charge in [-0.05, 0) is 51.5 Å². The Morgan fingerprint density at radius 1 is 1.13 bits per heavy atom. The van der Waals surface area contributed by atoms with E-state index in [2.05, 4.69) is 50.6 Å². The van der Waals surface area contributed by atoms with Crippen LogP contribution >= 0.6 is 11.6 Å². The fourth-order valence-corrected chi connectivity index (χ4v) is 4.66. The van der Waals surface area contributed by atoms with Crippen molar-refractivity contribution >= 4 is 17.3 Å². The molecule has 1 aliphatic carbocycles. The Morgan fingerprint density at radius 2 is 1.74 bits per heavy atom. The number of nitrogens with zero attached hydrogens (tertiary/aromatic N) is 2. The Morgan fingerprint density at radius 3 is 2.30 bits per heavy atom. The zero-order valence-corrected chi connectivity index (χ0v) is 16.5. The molecule has 0 aliphatic heterocycles. The Labute approximate surface area is 147 Å². The van der Waals surface area contributed by atoms with Crippen LogP contribution in [0.15, 0.2) is 12.3 Å². The predicted octanol–water partition coefficient (Wildman–Crippen LogP) is 6.40. The predicted molar refractivity (Wildman–Crippen MR) is 101 cm³/mol. The summed E-state index contributed by atoms with van der Waals surface area (Å²) in [6, 6.07) is 2.69. The van der Waals surface area contributed by atoms with Crippen LogP contribution in [0.4, 0.5) is 5.69 Å². The highest BCUT2D eigenvalue weighted by Gasteiger charge is 2.37. The molecule has 1 aliphatic rings. The molecular formula is C20H33ClN2. The molecule has 1 heterocycles. The maximum atomic E-state index is 6.68. The summed E-state index contributed by atoms with van der Waals surface area (Å²) in [6.45, 7) is 13.7. The third-order valence-corrected chi connectivity index (χ3v) is 5.32. The number of rotatable bonds is 4. The van der Waals surface area contributed by atoms with E-state index in [1.165, 1.54) is 37.8 Å². The smallest absolute Gasteiger partial charge is 0.0852 e. The molecule has 1 saturated carbocycles. The topological polar surface area (TPSA) is 16.1 Å². The summed E-state index contributed by atoms with van der Waals surface area (Å²) in [5, 5.41) is 0.819. The third kappa shape index (κ3) is 4.62. The summed E-state index contributed by atoms with van der Waals surface area (Å²) in [6.07, 6.45) is 9.60. The Kier molecular flexibility index (Phi) is 5.66. The van der Waals surface area contributed by atoms with Gasteiger partial charge < -0.3 is 4.90 Å². The first-order valence-electron chi connectivity index (χ1n) is 9.02. The molecule has 1 aromatic rings. The molecule has 0 radical (unpaired) electrons. The zero-order valence-electron chi connectivity index (χ0n) is 15.7. The zero-order chi connectivity index (χ0) is 17.3. The molecule has 2 nitrogen and oxygen atoms in total.